The molecule has 0 aromatic rings. The second-order valence-corrected chi connectivity index (χ2v) is 5.52. The van der Waals surface area contributed by atoms with Crippen LogP contribution in [0.5, 0.6) is 0 Å². The van der Waals surface area contributed by atoms with Gasteiger partial charge in [0.1, 0.15) is 0 Å². The molecule has 0 bridgehead atoms. The Morgan fingerprint density at radius 3 is 2.47 bits per heavy atom. The van der Waals surface area contributed by atoms with Crippen molar-refractivity contribution in [2.75, 3.05) is 18.9 Å². The van der Waals surface area contributed by atoms with Crippen LogP contribution in [-0.4, -0.2) is 30.1 Å². The lowest BCUT2D eigenvalue weighted by atomic mass is 9.96. The average molecular weight is 261 g/mol. The van der Waals surface area contributed by atoms with E-state index < -0.39 is 11.5 Å². The quantitative estimate of drug-likeness (QED) is 0.716. The molecule has 0 saturated carbocycles. The zero-order valence-electron chi connectivity index (χ0n) is 11.2. The van der Waals surface area contributed by atoms with Gasteiger partial charge in [0, 0.05) is 12.3 Å². The molecular weight excluding hydrogens is 238 g/mol. The Labute approximate surface area is 108 Å². The number of unbranched alkanes of at least 4 members (excludes halogenated alkanes) is 1. The Hall–Kier alpha value is -0.710. The van der Waals surface area contributed by atoms with Crippen LogP contribution in [-0.2, 0) is 9.53 Å². The second kappa shape index (κ2) is 8.39. The molecule has 0 saturated heterocycles. The molecule has 100 valence electrons. The highest BCUT2D eigenvalue weighted by Crippen LogP contribution is 2.23. The first-order chi connectivity index (χ1) is 7.94. The predicted molar refractivity (Wildman–Crippen MR) is 71.2 cm³/mol. The Balaban J connectivity index is 3.99. The van der Waals surface area contributed by atoms with Crippen LogP contribution in [0.4, 0.5) is 4.79 Å². The van der Waals surface area contributed by atoms with Crippen LogP contribution in [0.3, 0.4) is 0 Å². The van der Waals surface area contributed by atoms with E-state index in [1.165, 1.54) is 11.8 Å². The minimum absolute atomic E-state index is 0.114. The van der Waals surface area contributed by atoms with Crippen LogP contribution >= 0.6 is 11.8 Å². The van der Waals surface area contributed by atoms with Gasteiger partial charge in [0.25, 0.3) is 0 Å². The van der Waals surface area contributed by atoms with Crippen LogP contribution in [0.2, 0.25) is 0 Å². The van der Waals surface area contributed by atoms with E-state index >= 15 is 0 Å². The lowest BCUT2D eigenvalue weighted by Gasteiger charge is -2.22. The summed E-state index contributed by atoms with van der Waals surface area (Å²) in [7, 11) is 0. The molecule has 1 N–H and O–H groups in total. The van der Waals surface area contributed by atoms with Gasteiger partial charge in [0.05, 0.1) is 12.0 Å². The van der Waals surface area contributed by atoms with E-state index in [1.54, 1.807) is 6.92 Å². The summed E-state index contributed by atoms with van der Waals surface area (Å²) >= 11 is 1.34. The third-order valence-electron chi connectivity index (χ3n) is 2.23. The van der Waals surface area contributed by atoms with Gasteiger partial charge in [-0.1, -0.05) is 39.0 Å². The number of hydrogen-bond acceptors (Lipinski definition) is 4. The van der Waals surface area contributed by atoms with Gasteiger partial charge in [-0.25, -0.2) is 4.79 Å². The smallest absolute Gasteiger partial charge is 0.407 e. The summed E-state index contributed by atoms with van der Waals surface area (Å²) < 4.78 is 4.75. The highest BCUT2D eigenvalue weighted by molar-refractivity contribution is 8.13. The molecule has 0 aliphatic rings. The van der Waals surface area contributed by atoms with Crippen molar-refractivity contribution in [3.8, 4) is 0 Å². The monoisotopic (exact) mass is 261 g/mol. The third kappa shape index (κ3) is 7.26. The van der Waals surface area contributed by atoms with Gasteiger partial charge in [-0.05, 0) is 13.3 Å². The number of thioether (sulfide) groups is 1. The molecule has 0 radical (unpaired) electrons. The number of hydrogen-bond donors (Lipinski definition) is 1. The predicted octanol–water partition coefficient (Wildman–Crippen LogP) is 2.82. The molecule has 0 heterocycles. The molecule has 5 heteroatoms. The van der Waals surface area contributed by atoms with Crippen molar-refractivity contribution >= 4 is 23.0 Å². The fourth-order valence-electron chi connectivity index (χ4n) is 1.05. The molecule has 0 atom stereocenters. The highest BCUT2D eigenvalue weighted by Gasteiger charge is 2.28. The standard InChI is InChI=1S/C12H23NO3S/c1-5-7-8-17-10(14)12(3,4)9-13-11(15)16-6-2/h5-9H2,1-4H3,(H,13,15). The molecule has 0 spiro atoms. The molecule has 0 rings (SSSR count). The Bertz CT molecular complexity index is 254. The fraction of sp³-hybridized carbons (Fsp3) is 0.833. The molecule has 0 aromatic heterocycles. The molecule has 1 amide bonds. The first-order valence-corrected chi connectivity index (χ1v) is 7.00. The average Bonchev–Trinajstić information content (AvgIpc) is 2.27. The Kier molecular flexibility index (Phi) is 8.04. The summed E-state index contributed by atoms with van der Waals surface area (Å²) in [5, 5.41) is 2.71. The molecule has 0 fully saturated rings. The molecule has 0 aliphatic heterocycles. The Morgan fingerprint density at radius 1 is 1.29 bits per heavy atom. The number of nitrogens with one attached hydrogen (secondary N) is 1. The van der Waals surface area contributed by atoms with Gasteiger partial charge < -0.3 is 10.1 Å². The molecule has 17 heavy (non-hydrogen) atoms. The van der Waals surface area contributed by atoms with Crippen LogP contribution < -0.4 is 5.32 Å². The SMILES string of the molecule is CCCCSC(=O)C(C)(C)CNC(=O)OCC. The summed E-state index contributed by atoms with van der Waals surface area (Å²) in [4.78, 5) is 23.0. The number of carbonyl (C=O) groups is 2. The molecule has 0 aromatic carbocycles. The minimum atomic E-state index is -0.550. The third-order valence-corrected chi connectivity index (χ3v) is 3.54. The van der Waals surface area contributed by atoms with Crippen molar-refractivity contribution in [1.29, 1.82) is 0 Å². The minimum Gasteiger partial charge on any atom is -0.450 e. The molecular formula is C12H23NO3S. The second-order valence-electron chi connectivity index (χ2n) is 4.45. The van der Waals surface area contributed by atoms with Crippen molar-refractivity contribution in [2.24, 2.45) is 5.41 Å². The maximum Gasteiger partial charge on any atom is 0.407 e. The van der Waals surface area contributed by atoms with E-state index in [0.717, 1.165) is 18.6 Å². The van der Waals surface area contributed by atoms with E-state index in [-0.39, 0.29) is 5.12 Å². The number of ether oxygens (including phenoxy) is 1. The summed E-state index contributed by atoms with van der Waals surface area (Å²) in [6.45, 7) is 8.16. The topological polar surface area (TPSA) is 55.4 Å². The highest BCUT2D eigenvalue weighted by atomic mass is 32.2. The van der Waals surface area contributed by atoms with E-state index in [0.29, 0.717) is 13.2 Å². The van der Waals surface area contributed by atoms with Crippen molar-refractivity contribution < 1.29 is 14.3 Å². The number of rotatable bonds is 7. The van der Waals surface area contributed by atoms with E-state index in [1.807, 2.05) is 13.8 Å². The normalized spacial score (nSPS) is 11.1. The molecule has 0 aliphatic carbocycles. The number of amides is 1. The van der Waals surface area contributed by atoms with Crippen LogP contribution in [0, 0.1) is 5.41 Å². The zero-order valence-corrected chi connectivity index (χ0v) is 12.0. The van der Waals surface area contributed by atoms with Crippen molar-refractivity contribution in [1.82, 2.24) is 5.32 Å². The van der Waals surface area contributed by atoms with Crippen LogP contribution in [0.15, 0.2) is 0 Å². The zero-order chi connectivity index (χ0) is 13.3. The molecule has 0 unspecified atom stereocenters. The summed E-state index contributed by atoms with van der Waals surface area (Å²) in [5.41, 5.74) is -0.550. The first-order valence-electron chi connectivity index (χ1n) is 6.02. The maximum atomic E-state index is 11.9. The number of carbonyl (C=O) groups excluding carboxylic acids is 2. The van der Waals surface area contributed by atoms with E-state index in [9.17, 15) is 9.59 Å². The van der Waals surface area contributed by atoms with Gasteiger partial charge in [-0.15, -0.1) is 0 Å². The summed E-state index contributed by atoms with van der Waals surface area (Å²) in [6.07, 6.45) is 1.66. The molecule has 4 nitrogen and oxygen atoms in total. The van der Waals surface area contributed by atoms with Gasteiger partial charge in [-0.3, -0.25) is 4.79 Å². The van der Waals surface area contributed by atoms with Gasteiger partial charge in [0.2, 0.25) is 0 Å². The van der Waals surface area contributed by atoms with Crippen molar-refractivity contribution in [3.63, 3.8) is 0 Å². The van der Waals surface area contributed by atoms with Crippen LogP contribution in [0.25, 0.3) is 0 Å². The summed E-state index contributed by atoms with van der Waals surface area (Å²) in [5.74, 6) is 0.845. The van der Waals surface area contributed by atoms with Crippen molar-refractivity contribution in [3.05, 3.63) is 0 Å². The lowest BCUT2D eigenvalue weighted by molar-refractivity contribution is -0.117. The van der Waals surface area contributed by atoms with Crippen molar-refractivity contribution in [2.45, 2.75) is 40.5 Å². The van der Waals surface area contributed by atoms with E-state index in [2.05, 4.69) is 12.2 Å². The van der Waals surface area contributed by atoms with E-state index in [4.69, 9.17) is 4.74 Å². The first kappa shape index (κ1) is 16.3. The van der Waals surface area contributed by atoms with Gasteiger partial charge >= 0.3 is 6.09 Å². The van der Waals surface area contributed by atoms with Crippen LogP contribution in [0.1, 0.15) is 40.5 Å². The number of alkyl carbamates (subject to hydrolysis) is 1. The van der Waals surface area contributed by atoms with Gasteiger partial charge in [0.15, 0.2) is 5.12 Å². The maximum absolute atomic E-state index is 11.9. The summed E-state index contributed by atoms with van der Waals surface area (Å²) in [6, 6.07) is 0. The lowest BCUT2D eigenvalue weighted by Crippen LogP contribution is -2.38. The van der Waals surface area contributed by atoms with Gasteiger partial charge in [-0.2, -0.15) is 0 Å². The Morgan fingerprint density at radius 2 is 1.94 bits per heavy atom. The fourth-order valence-corrected chi connectivity index (χ4v) is 2.13. The largest absolute Gasteiger partial charge is 0.450 e.